The second-order valence-electron chi connectivity index (χ2n) is 6.05. The van der Waals surface area contributed by atoms with Gasteiger partial charge >= 0.3 is 5.69 Å². The molecule has 0 aliphatic heterocycles. The highest BCUT2D eigenvalue weighted by molar-refractivity contribution is 7.22. The monoisotopic (exact) mass is 396 g/mol. The van der Waals surface area contributed by atoms with Gasteiger partial charge < -0.3 is 10.1 Å². The lowest BCUT2D eigenvalue weighted by Gasteiger charge is -2.08. The van der Waals surface area contributed by atoms with Crippen molar-refractivity contribution in [2.24, 2.45) is 0 Å². The summed E-state index contributed by atoms with van der Waals surface area (Å²) in [6.07, 6.45) is 0.0585. The molecule has 28 heavy (non-hydrogen) atoms. The van der Waals surface area contributed by atoms with Crippen LogP contribution in [0.3, 0.4) is 0 Å². The summed E-state index contributed by atoms with van der Waals surface area (Å²) < 4.78 is 7.57. The molecule has 4 aromatic rings. The molecule has 4 rings (SSSR count). The predicted octanol–water partition coefficient (Wildman–Crippen LogP) is 2.34. The standard InChI is InChI=1S/C19H16N4O4S/c1-27-13-7-4-8-14-16(13)21-18(28-14)20-15(24)9-10-23-12-6-3-2-5-11(12)17(25)22-19(23)26/h2-8H,9-10H2,1H3,(H,20,21,24)(H,22,25,26). The number of aromatic amines is 1. The van der Waals surface area contributed by atoms with Crippen LogP contribution in [0.5, 0.6) is 5.75 Å². The summed E-state index contributed by atoms with van der Waals surface area (Å²) in [6, 6.07) is 12.4. The average Bonchev–Trinajstić information content (AvgIpc) is 3.10. The van der Waals surface area contributed by atoms with E-state index in [9.17, 15) is 14.4 Å². The van der Waals surface area contributed by atoms with Crippen molar-refractivity contribution < 1.29 is 9.53 Å². The Labute approximate surface area is 162 Å². The third-order valence-corrected chi connectivity index (χ3v) is 5.25. The van der Waals surface area contributed by atoms with E-state index in [1.165, 1.54) is 15.9 Å². The lowest BCUT2D eigenvalue weighted by molar-refractivity contribution is -0.116. The SMILES string of the molecule is COc1cccc2sc(NC(=O)CCn3c(=O)[nH]c(=O)c4ccccc43)nc12. The van der Waals surface area contributed by atoms with Gasteiger partial charge in [0.25, 0.3) is 5.56 Å². The van der Waals surface area contributed by atoms with E-state index < -0.39 is 11.2 Å². The minimum atomic E-state index is -0.541. The number of fused-ring (bicyclic) bond motifs is 2. The number of nitrogens with one attached hydrogen (secondary N) is 2. The molecule has 0 unspecified atom stereocenters. The van der Waals surface area contributed by atoms with Crippen LogP contribution in [0.4, 0.5) is 5.13 Å². The number of para-hydroxylation sites is 2. The Bertz CT molecular complexity index is 1300. The van der Waals surface area contributed by atoms with E-state index in [1.54, 1.807) is 37.4 Å². The van der Waals surface area contributed by atoms with Gasteiger partial charge in [0.1, 0.15) is 11.3 Å². The Hall–Kier alpha value is -3.46. The second kappa shape index (κ2) is 7.28. The Morgan fingerprint density at radius 1 is 1.21 bits per heavy atom. The fraction of sp³-hybridized carbons (Fsp3) is 0.158. The molecule has 0 bridgehead atoms. The molecule has 0 spiro atoms. The number of carbonyl (C=O) groups excluding carboxylic acids is 1. The molecular weight excluding hydrogens is 380 g/mol. The molecule has 0 fully saturated rings. The number of benzene rings is 2. The third-order valence-electron chi connectivity index (χ3n) is 4.32. The second-order valence-corrected chi connectivity index (χ2v) is 7.08. The van der Waals surface area contributed by atoms with Gasteiger partial charge in [-0.05, 0) is 24.3 Å². The summed E-state index contributed by atoms with van der Waals surface area (Å²) in [6.45, 7) is 0.135. The topological polar surface area (TPSA) is 106 Å². The lowest BCUT2D eigenvalue weighted by atomic mass is 10.2. The van der Waals surface area contributed by atoms with E-state index in [0.29, 0.717) is 27.3 Å². The average molecular weight is 396 g/mol. The Balaban J connectivity index is 1.54. The number of methoxy groups -OCH3 is 1. The minimum absolute atomic E-state index is 0.0585. The van der Waals surface area contributed by atoms with Gasteiger partial charge in [-0.1, -0.05) is 29.5 Å². The molecule has 0 aliphatic carbocycles. The first kappa shape index (κ1) is 17.9. The van der Waals surface area contributed by atoms with Crippen molar-refractivity contribution in [1.82, 2.24) is 14.5 Å². The quantitative estimate of drug-likeness (QED) is 0.539. The Morgan fingerprint density at radius 3 is 2.86 bits per heavy atom. The number of hydrogen-bond acceptors (Lipinski definition) is 6. The zero-order valence-corrected chi connectivity index (χ0v) is 15.7. The smallest absolute Gasteiger partial charge is 0.328 e. The first-order chi connectivity index (χ1) is 13.6. The molecule has 1 amide bonds. The molecule has 2 aromatic heterocycles. The van der Waals surface area contributed by atoms with Gasteiger partial charge in [-0.15, -0.1) is 0 Å². The van der Waals surface area contributed by atoms with Gasteiger partial charge in [-0.2, -0.15) is 0 Å². The number of anilines is 1. The number of carbonyl (C=O) groups is 1. The van der Waals surface area contributed by atoms with Crippen molar-refractivity contribution in [3.63, 3.8) is 0 Å². The third kappa shape index (κ3) is 3.27. The normalized spacial score (nSPS) is 11.0. The van der Waals surface area contributed by atoms with Crippen LogP contribution in [-0.4, -0.2) is 27.6 Å². The van der Waals surface area contributed by atoms with Crippen LogP contribution in [0.1, 0.15) is 6.42 Å². The molecule has 0 atom stereocenters. The molecule has 0 radical (unpaired) electrons. The summed E-state index contributed by atoms with van der Waals surface area (Å²) in [5.74, 6) is 0.362. The largest absolute Gasteiger partial charge is 0.494 e. The summed E-state index contributed by atoms with van der Waals surface area (Å²) in [5, 5.41) is 3.62. The Kier molecular flexibility index (Phi) is 4.66. The van der Waals surface area contributed by atoms with Crippen molar-refractivity contribution in [2.45, 2.75) is 13.0 Å². The van der Waals surface area contributed by atoms with Crippen LogP contribution in [0.2, 0.25) is 0 Å². The van der Waals surface area contributed by atoms with Crippen molar-refractivity contribution >= 4 is 43.5 Å². The van der Waals surface area contributed by atoms with Gasteiger partial charge in [0.05, 0.1) is 22.7 Å². The Morgan fingerprint density at radius 2 is 2.04 bits per heavy atom. The van der Waals surface area contributed by atoms with E-state index in [0.717, 1.165) is 4.70 Å². The molecule has 9 heteroatoms. The number of amides is 1. The summed E-state index contributed by atoms with van der Waals surface area (Å²) >= 11 is 1.35. The van der Waals surface area contributed by atoms with E-state index in [2.05, 4.69) is 15.3 Å². The number of H-pyrrole nitrogens is 1. The van der Waals surface area contributed by atoms with Crippen LogP contribution >= 0.6 is 11.3 Å². The number of rotatable bonds is 5. The highest BCUT2D eigenvalue weighted by Gasteiger charge is 2.12. The van der Waals surface area contributed by atoms with Gasteiger partial charge in [0, 0.05) is 13.0 Å². The van der Waals surface area contributed by atoms with E-state index >= 15 is 0 Å². The molecule has 8 nitrogen and oxygen atoms in total. The van der Waals surface area contributed by atoms with Crippen molar-refractivity contribution in [3.05, 3.63) is 63.3 Å². The number of nitrogens with zero attached hydrogens (tertiary/aromatic N) is 2. The maximum Gasteiger partial charge on any atom is 0.328 e. The van der Waals surface area contributed by atoms with Crippen LogP contribution in [0.15, 0.2) is 52.1 Å². The van der Waals surface area contributed by atoms with Crippen LogP contribution in [0, 0.1) is 0 Å². The zero-order valence-electron chi connectivity index (χ0n) is 14.9. The van der Waals surface area contributed by atoms with Gasteiger partial charge in [0.15, 0.2) is 5.13 Å². The first-order valence-corrected chi connectivity index (χ1v) is 9.34. The summed E-state index contributed by atoms with van der Waals surface area (Å²) in [4.78, 5) is 43.1. The van der Waals surface area contributed by atoms with Crippen LogP contribution in [-0.2, 0) is 11.3 Å². The lowest BCUT2D eigenvalue weighted by Crippen LogP contribution is -2.31. The number of hydrogen-bond donors (Lipinski definition) is 2. The van der Waals surface area contributed by atoms with Gasteiger partial charge in [-0.25, -0.2) is 9.78 Å². The van der Waals surface area contributed by atoms with Gasteiger partial charge in [-0.3, -0.25) is 19.1 Å². The van der Waals surface area contributed by atoms with Gasteiger partial charge in [0.2, 0.25) is 5.91 Å². The summed E-state index contributed by atoms with van der Waals surface area (Å²) in [5.41, 5.74) is 0.202. The number of aromatic nitrogens is 3. The molecular formula is C19H16N4O4S. The van der Waals surface area contributed by atoms with Crippen molar-refractivity contribution in [2.75, 3.05) is 12.4 Å². The van der Waals surface area contributed by atoms with E-state index in [-0.39, 0.29) is 18.9 Å². The van der Waals surface area contributed by atoms with E-state index in [4.69, 9.17) is 4.74 Å². The number of aryl methyl sites for hydroxylation is 1. The van der Waals surface area contributed by atoms with Crippen LogP contribution < -0.4 is 21.3 Å². The van der Waals surface area contributed by atoms with Crippen molar-refractivity contribution in [1.29, 1.82) is 0 Å². The predicted molar refractivity (Wildman–Crippen MR) is 108 cm³/mol. The van der Waals surface area contributed by atoms with E-state index in [1.807, 2.05) is 12.1 Å². The molecule has 142 valence electrons. The van der Waals surface area contributed by atoms with Crippen molar-refractivity contribution in [3.8, 4) is 5.75 Å². The minimum Gasteiger partial charge on any atom is -0.494 e. The highest BCUT2D eigenvalue weighted by atomic mass is 32.1. The summed E-state index contributed by atoms with van der Waals surface area (Å²) in [7, 11) is 1.57. The fourth-order valence-electron chi connectivity index (χ4n) is 3.00. The fourth-order valence-corrected chi connectivity index (χ4v) is 3.90. The number of ether oxygens (including phenoxy) is 1. The zero-order chi connectivity index (χ0) is 19.7. The first-order valence-electron chi connectivity index (χ1n) is 8.52. The molecule has 2 heterocycles. The molecule has 0 saturated heterocycles. The highest BCUT2D eigenvalue weighted by Crippen LogP contribution is 2.32. The number of thiazole rings is 1. The van der Waals surface area contributed by atoms with Crippen LogP contribution in [0.25, 0.3) is 21.1 Å². The molecule has 2 N–H and O–H groups in total. The molecule has 0 saturated carbocycles. The molecule has 2 aromatic carbocycles. The maximum atomic E-state index is 12.4. The maximum absolute atomic E-state index is 12.4. The molecule has 0 aliphatic rings.